The smallest absolute Gasteiger partial charge is 0.412 e. The van der Waals surface area contributed by atoms with E-state index in [1.165, 1.54) is 0 Å². The summed E-state index contributed by atoms with van der Waals surface area (Å²) in [6, 6.07) is 8.79. The normalized spacial score (nSPS) is 22.0. The van der Waals surface area contributed by atoms with Gasteiger partial charge in [0, 0.05) is 6.54 Å². The number of aliphatic carboxylic acids is 1. The van der Waals surface area contributed by atoms with E-state index in [0.29, 0.717) is 18.7 Å². The van der Waals surface area contributed by atoms with E-state index in [1.54, 1.807) is 24.3 Å². The summed E-state index contributed by atoms with van der Waals surface area (Å²) in [5, 5.41) is 11.8. The van der Waals surface area contributed by atoms with E-state index in [4.69, 9.17) is 9.84 Å². The average molecular weight is 277 g/mol. The number of para-hydroxylation sites is 1. The van der Waals surface area contributed by atoms with Crippen LogP contribution in [0.15, 0.2) is 30.3 Å². The number of rotatable bonds is 4. The molecule has 2 rings (SSSR count). The first kappa shape index (κ1) is 14.4. The molecular weight excluding hydrogens is 258 g/mol. The fourth-order valence-electron chi connectivity index (χ4n) is 2.62. The molecule has 1 aliphatic carbocycles. The van der Waals surface area contributed by atoms with Crippen LogP contribution >= 0.6 is 0 Å². The number of carboxylic acid groups (broad SMARTS) is 1. The van der Waals surface area contributed by atoms with Crippen molar-refractivity contribution in [2.45, 2.75) is 25.7 Å². The van der Waals surface area contributed by atoms with Crippen LogP contribution in [0.3, 0.4) is 0 Å². The summed E-state index contributed by atoms with van der Waals surface area (Å²) in [7, 11) is 0. The van der Waals surface area contributed by atoms with Gasteiger partial charge in [0.25, 0.3) is 0 Å². The average Bonchev–Trinajstić information content (AvgIpc) is 2.46. The second-order valence-electron chi connectivity index (χ2n) is 5.07. The summed E-state index contributed by atoms with van der Waals surface area (Å²) < 4.78 is 5.10. The molecule has 1 aromatic carbocycles. The number of ether oxygens (including phenoxy) is 1. The van der Waals surface area contributed by atoms with Crippen LogP contribution in [-0.4, -0.2) is 23.7 Å². The molecule has 1 fully saturated rings. The predicted molar refractivity (Wildman–Crippen MR) is 73.6 cm³/mol. The lowest BCUT2D eigenvalue weighted by atomic mass is 9.79. The van der Waals surface area contributed by atoms with Crippen LogP contribution in [0.5, 0.6) is 5.75 Å². The zero-order valence-corrected chi connectivity index (χ0v) is 11.2. The van der Waals surface area contributed by atoms with Crippen molar-refractivity contribution in [3.05, 3.63) is 30.3 Å². The van der Waals surface area contributed by atoms with Crippen molar-refractivity contribution < 1.29 is 19.4 Å². The molecule has 20 heavy (non-hydrogen) atoms. The summed E-state index contributed by atoms with van der Waals surface area (Å²) in [6.45, 7) is 0.350. The minimum atomic E-state index is -0.770. The van der Waals surface area contributed by atoms with Gasteiger partial charge in [-0.3, -0.25) is 4.79 Å². The number of hydrogen-bond donors (Lipinski definition) is 2. The van der Waals surface area contributed by atoms with E-state index in [2.05, 4.69) is 5.32 Å². The molecule has 0 saturated heterocycles. The molecule has 2 N–H and O–H groups in total. The van der Waals surface area contributed by atoms with Gasteiger partial charge in [0.1, 0.15) is 5.75 Å². The van der Waals surface area contributed by atoms with Crippen LogP contribution in [0.4, 0.5) is 4.79 Å². The molecule has 0 aromatic heterocycles. The van der Waals surface area contributed by atoms with Gasteiger partial charge < -0.3 is 15.2 Å². The van der Waals surface area contributed by atoms with Crippen LogP contribution < -0.4 is 10.1 Å². The Morgan fingerprint density at radius 3 is 2.60 bits per heavy atom. The molecule has 0 radical (unpaired) electrons. The maximum Gasteiger partial charge on any atom is 0.412 e. The van der Waals surface area contributed by atoms with Crippen molar-refractivity contribution in [2.24, 2.45) is 11.8 Å². The monoisotopic (exact) mass is 277 g/mol. The summed E-state index contributed by atoms with van der Waals surface area (Å²) in [5.41, 5.74) is 0. The van der Waals surface area contributed by atoms with Crippen molar-refractivity contribution >= 4 is 12.1 Å². The van der Waals surface area contributed by atoms with Gasteiger partial charge in [-0.1, -0.05) is 31.0 Å². The van der Waals surface area contributed by atoms with Crippen molar-refractivity contribution in [2.75, 3.05) is 6.54 Å². The maximum absolute atomic E-state index is 11.7. The van der Waals surface area contributed by atoms with Gasteiger partial charge >= 0.3 is 12.1 Å². The number of amides is 1. The molecule has 1 saturated carbocycles. The minimum Gasteiger partial charge on any atom is -0.481 e. The van der Waals surface area contributed by atoms with Crippen molar-refractivity contribution in [1.29, 1.82) is 0 Å². The zero-order chi connectivity index (χ0) is 14.4. The van der Waals surface area contributed by atoms with E-state index in [1.807, 2.05) is 6.07 Å². The largest absolute Gasteiger partial charge is 0.481 e. The topological polar surface area (TPSA) is 75.6 Å². The number of carbonyl (C=O) groups excluding carboxylic acids is 1. The van der Waals surface area contributed by atoms with Gasteiger partial charge in [-0.15, -0.1) is 0 Å². The van der Waals surface area contributed by atoms with Crippen molar-refractivity contribution in [3.63, 3.8) is 0 Å². The Labute approximate surface area is 117 Å². The van der Waals surface area contributed by atoms with Crippen LogP contribution in [0.25, 0.3) is 0 Å². The zero-order valence-electron chi connectivity index (χ0n) is 11.2. The predicted octanol–water partition coefficient (Wildman–Crippen LogP) is 2.67. The molecule has 2 atom stereocenters. The highest BCUT2D eigenvalue weighted by molar-refractivity contribution is 5.72. The highest BCUT2D eigenvalue weighted by Crippen LogP contribution is 2.29. The van der Waals surface area contributed by atoms with Crippen molar-refractivity contribution in [3.8, 4) is 5.75 Å². The Bertz CT molecular complexity index is 460. The first-order valence-corrected chi connectivity index (χ1v) is 6.90. The van der Waals surface area contributed by atoms with E-state index >= 15 is 0 Å². The van der Waals surface area contributed by atoms with Crippen LogP contribution in [0, 0.1) is 11.8 Å². The number of carbonyl (C=O) groups is 2. The lowest BCUT2D eigenvalue weighted by Crippen LogP contribution is -2.38. The van der Waals surface area contributed by atoms with Gasteiger partial charge in [0.2, 0.25) is 0 Å². The Kier molecular flexibility index (Phi) is 4.98. The lowest BCUT2D eigenvalue weighted by Gasteiger charge is -2.28. The van der Waals surface area contributed by atoms with Gasteiger partial charge in [-0.25, -0.2) is 4.79 Å². The van der Waals surface area contributed by atoms with E-state index < -0.39 is 12.1 Å². The standard InChI is InChI=1S/C15H19NO4/c17-14(18)13-9-5-4-6-11(13)10-16-15(19)20-12-7-2-1-3-8-12/h1-3,7-8,11,13H,4-6,9-10H2,(H,16,19)(H,17,18)/t11-,13-/m0/s1. The van der Waals surface area contributed by atoms with Crippen LogP contribution in [0.2, 0.25) is 0 Å². The molecule has 5 heteroatoms. The van der Waals surface area contributed by atoms with Crippen molar-refractivity contribution in [1.82, 2.24) is 5.32 Å². The summed E-state index contributed by atoms with van der Waals surface area (Å²) in [5.74, 6) is -0.665. The SMILES string of the molecule is O=C(NC[C@@H]1CCCC[C@@H]1C(=O)O)Oc1ccccc1. The number of hydrogen-bond acceptors (Lipinski definition) is 3. The fraction of sp³-hybridized carbons (Fsp3) is 0.467. The maximum atomic E-state index is 11.7. The lowest BCUT2D eigenvalue weighted by molar-refractivity contribution is -0.144. The summed E-state index contributed by atoms with van der Waals surface area (Å²) in [4.78, 5) is 22.8. The molecule has 0 aliphatic heterocycles. The Morgan fingerprint density at radius 2 is 1.90 bits per heavy atom. The number of nitrogens with one attached hydrogen (secondary N) is 1. The second-order valence-corrected chi connectivity index (χ2v) is 5.07. The first-order valence-electron chi connectivity index (χ1n) is 6.90. The Morgan fingerprint density at radius 1 is 1.20 bits per heavy atom. The number of benzene rings is 1. The molecule has 108 valence electrons. The second kappa shape index (κ2) is 6.93. The molecule has 0 unspecified atom stereocenters. The highest BCUT2D eigenvalue weighted by Gasteiger charge is 2.30. The van der Waals surface area contributed by atoms with Gasteiger partial charge in [-0.05, 0) is 30.9 Å². The quantitative estimate of drug-likeness (QED) is 0.887. The molecule has 1 aliphatic rings. The third-order valence-corrected chi connectivity index (χ3v) is 3.69. The van der Waals surface area contributed by atoms with Crippen LogP contribution in [0.1, 0.15) is 25.7 Å². The highest BCUT2D eigenvalue weighted by atomic mass is 16.6. The van der Waals surface area contributed by atoms with E-state index in [-0.39, 0.29) is 11.8 Å². The van der Waals surface area contributed by atoms with Gasteiger partial charge in [0.15, 0.2) is 0 Å². The van der Waals surface area contributed by atoms with E-state index in [9.17, 15) is 9.59 Å². The summed E-state index contributed by atoms with van der Waals surface area (Å²) >= 11 is 0. The Hall–Kier alpha value is -2.04. The van der Waals surface area contributed by atoms with Gasteiger partial charge in [-0.2, -0.15) is 0 Å². The van der Waals surface area contributed by atoms with E-state index in [0.717, 1.165) is 19.3 Å². The third kappa shape index (κ3) is 3.98. The molecule has 0 heterocycles. The molecule has 1 amide bonds. The van der Waals surface area contributed by atoms with Gasteiger partial charge in [0.05, 0.1) is 5.92 Å². The number of carboxylic acids is 1. The fourth-order valence-corrected chi connectivity index (χ4v) is 2.62. The minimum absolute atomic E-state index is 0.00965. The Balaban J connectivity index is 1.81. The molecule has 5 nitrogen and oxygen atoms in total. The summed E-state index contributed by atoms with van der Waals surface area (Å²) in [6.07, 6.45) is 2.95. The molecule has 0 bridgehead atoms. The molecule has 0 spiro atoms. The van der Waals surface area contributed by atoms with Crippen LogP contribution in [-0.2, 0) is 4.79 Å². The molecular formula is C15H19NO4. The third-order valence-electron chi connectivity index (χ3n) is 3.69. The molecule has 1 aromatic rings. The first-order chi connectivity index (χ1) is 9.66.